The highest BCUT2D eigenvalue weighted by Gasteiger charge is 2.41. The summed E-state index contributed by atoms with van der Waals surface area (Å²) in [5.74, 6) is -2.25. The Morgan fingerprint density at radius 1 is 1.39 bits per heavy atom. The number of nitrogens with zero attached hydrogens (tertiary/aromatic N) is 1. The van der Waals surface area contributed by atoms with Crippen LogP contribution in [-0.2, 0) is 16.1 Å². The molecular weight excluding hydrogens is 306 g/mol. The van der Waals surface area contributed by atoms with Crippen molar-refractivity contribution in [3.63, 3.8) is 0 Å². The molecule has 0 aliphatic carbocycles. The number of piperidine rings is 1. The highest BCUT2D eigenvalue weighted by Crippen LogP contribution is 2.24. The summed E-state index contributed by atoms with van der Waals surface area (Å²) in [7, 11) is 1.58. The molecule has 0 unspecified atom stereocenters. The lowest BCUT2D eigenvalue weighted by molar-refractivity contribution is -0.157. The number of methoxy groups -OCH3 is 1. The van der Waals surface area contributed by atoms with Gasteiger partial charge in [0.1, 0.15) is 0 Å². The molecule has 1 aromatic carbocycles. The highest BCUT2D eigenvalue weighted by atomic mass is 19.2. The molecule has 1 amide bonds. The van der Waals surface area contributed by atoms with Gasteiger partial charge in [-0.05, 0) is 30.5 Å². The van der Waals surface area contributed by atoms with Crippen molar-refractivity contribution in [2.24, 2.45) is 0 Å². The first-order valence-electron chi connectivity index (χ1n) is 7.61. The Hall–Kier alpha value is -1.57. The van der Waals surface area contributed by atoms with Crippen LogP contribution in [0.1, 0.15) is 18.4 Å². The summed E-state index contributed by atoms with van der Waals surface area (Å²) in [6, 6.07) is 3.56. The van der Waals surface area contributed by atoms with E-state index in [1.807, 2.05) is 0 Å². The van der Waals surface area contributed by atoms with Crippen LogP contribution in [0.3, 0.4) is 0 Å². The molecule has 2 N–H and O–H groups in total. The number of nitrogens with one attached hydrogen (secondary N) is 1. The molecule has 0 radical (unpaired) electrons. The highest BCUT2D eigenvalue weighted by molar-refractivity contribution is 5.86. The molecule has 1 aliphatic rings. The number of hydrogen-bond donors (Lipinski definition) is 2. The topological polar surface area (TPSA) is 61.8 Å². The number of halogens is 2. The first-order valence-corrected chi connectivity index (χ1v) is 7.61. The minimum absolute atomic E-state index is 0.142. The first-order chi connectivity index (χ1) is 11.0. The number of carbonyl (C=O) groups is 1. The van der Waals surface area contributed by atoms with Gasteiger partial charge in [-0.2, -0.15) is 0 Å². The van der Waals surface area contributed by atoms with E-state index in [0.717, 1.165) is 12.1 Å². The van der Waals surface area contributed by atoms with Crippen LogP contribution in [0.15, 0.2) is 18.2 Å². The van der Waals surface area contributed by atoms with Gasteiger partial charge in [-0.25, -0.2) is 8.78 Å². The smallest absolute Gasteiger partial charge is 0.256 e. The van der Waals surface area contributed by atoms with Gasteiger partial charge >= 0.3 is 0 Å². The van der Waals surface area contributed by atoms with Crippen molar-refractivity contribution in [2.75, 3.05) is 33.4 Å². The zero-order chi connectivity index (χ0) is 16.9. The fourth-order valence-electron chi connectivity index (χ4n) is 2.71. The quantitative estimate of drug-likeness (QED) is 0.735. The van der Waals surface area contributed by atoms with E-state index < -0.39 is 23.1 Å². The molecule has 1 saturated heterocycles. The summed E-state index contributed by atoms with van der Waals surface area (Å²) in [6.45, 7) is 1.80. The zero-order valence-corrected chi connectivity index (χ0v) is 13.1. The molecule has 1 aromatic rings. The Bertz CT molecular complexity index is 556. The maximum Gasteiger partial charge on any atom is 0.256 e. The standard InChI is InChI=1S/C16H22F2N2O3/c1-23-8-6-19-11-16(22)5-2-7-20(15(16)21)10-12-3-4-13(17)14(18)9-12/h3-4,9,19,22H,2,5-8,10-11H2,1H3/t16-/m0/s1. The molecule has 2 rings (SSSR count). The normalized spacial score (nSPS) is 21.7. The van der Waals surface area contributed by atoms with Gasteiger partial charge in [0.2, 0.25) is 0 Å². The van der Waals surface area contributed by atoms with E-state index in [1.165, 1.54) is 11.0 Å². The fourth-order valence-corrected chi connectivity index (χ4v) is 2.71. The van der Waals surface area contributed by atoms with Crippen molar-refractivity contribution in [3.8, 4) is 0 Å². The van der Waals surface area contributed by atoms with Crippen LogP contribution < -0.4 is 5.32 Å². The van der Waals surface area contributed by atoms with Crippen molar-refractivity contribution < 1.29 is 23.4 Å². The van der Waals surface area contributed by atoms with Crippen LogP contribution >= 0.6 is 0 Å². The summed E-state index contributed by atoms with van der Waals surface area (Å²) in [5, 5.41) is 13.6. The Labute approximate surface area is 134 Å². The number of carbonyl (C=O) groups excluding carboxylic acids is 1. The number of rotatable bonds is 7. The number of hydrogen-bond acceptors (Lipinski definition) is 4. The minimum Gasteiger partial charge on any atom is -0.383 e. The second kappa shape index (κ2) is 7.81. The molecule has 0 saturated carbocycles. The summed E-state index contributed by atoms with van der Waals surface area (Å²) < 4.78 is 31.1. The molecule has 1 fully saturated rings. The second-order valence-electron chi connectivity index (χ2n) is 5.78. The molecule has 5 nitrogen and oxygen atoms in total. The Balaban J connectivity index is 1.99. The molecule has 0 bridgehead atoms. The lowest BCUT2D eigenvalue weighted by Gasteiger charge is -2.38. The lowest BCUT2D eigenvalue weighted by atomic mass is 9.91. The van der Waals surface area contributed by atoms with Gasteiger partial charge in [0.25, 0.3) is 5.91 Å². The van der Waals surface area contributed by atoms with Gasteiger partial charge in [-0.1, -0.05) is 6.07 Å². The predicted molar refractivity (Wildman–Crippen MR) is 80.7 cm³/mol. The first kappa shape index (κ1) is 17.8. The van der Waals surface area contributed by atoms with Crippen molar-refractivity contribution in [3.05, 3.63) is 35.4 Å². The van der Waals surface area contributed by atoms with E-state index in [0.29, 0.717) is 38.1 Å². The van der Waals surface area contributed by atoms with Crippen LogP contribution in [0.25, 0.3) is 0 Å². The lowest BCUT2D eigenvalue weighted by Crippen LogP contribution is -2.57. The number of aliphatic hydroxyl groups is 1. The second-order valence-corrected chi connectivity index (χ2v) is 5.78. The van der Waals surface area contributed by atoms with E-state index in [1.54, 1.807) is 7.11 Å². The van der Waals surface area contributed by atoms with Crippen LogP contribution in [0.2, 0.25) is 0 Å². The number of benzene rings is 1. The van der Waals surface area contributed by atoms with Crippen LogP contribution in [0, 0.1) is 11.6 Å². The Kier molecular flexibility index (Phi) is 6.04. The molecule has 0 spiro atoms. The van der Waals surface area contributed by atoms with E-state index in [9.17, 15) is 18.7 Å². The maximum atomic E-state index is 13.3. The van der Waals surface area contributed by atoms with E-state index in [-0.39, 0.29) is 13.1 Å². The summed E-state index contributed by atoms with van der Waals surface area (Å²) >= 11 is 0. The average molecular weight is 328 g/mol. The molecule has 7 heteroatoms. The Morgan fingerprint density at radius 3 is 2.87 bits per heavy atom. The van der Waals surface area contributed by atoms with Gasteiger partial charge in [-0.15, -0.1) is 0 Å². The third-order valence-corrected chi connectivity index (χ3v) is 3.96. The largest absolute Gasteiger partial charge is 0.383 e. The SMILES string of the molecule is COCCNC[C@@]1(O)CCCN(Cc2ccc(F)c(F)c2)C1=O. The summed E-state index contributed by atoms with van der Waals surface area (Å²) in [4.78, 5) is 14.0. The van der Waals surface area contributed by atoms with Crippen molar-refractivity contribution in [2.45, 2.75) is 25.0 Å². The van der Waals surface area contributed by atoms with E-state index >= 15 is 0 Å². The molecule has 1 heterocycles. The van der Waals surface area contributed by atoms with Crippen molar-refractivity contribution in [1.82, 2.24) is 10.2 Å². The van der Waals surface area contributed by atoms with Gasteiger partial charge in [0, 0.05) is 33.3 Å². The summed E-state index contributed by atoms with van der Waals surface area (Å²) in [5.41, 5.74) is -0.973. The maximum absolute atomic E-state index is 13.3. The third-order valence-electron chi connectivity index (χ3n) is 3.96. The van der Waals surface area contributed by atoms with Gasteiger partial charge < -0.3 is 20.1 Å². The number of ether oxygens (including phenoxy) is 1. The average Bonchev–Trinajstić information content (AvgIpc) is 2.52. The monoisotopic (exact) mass is 328 g/mol. The van der Waals surface area contributed by atoms with Gasteiger partial charge in [0.15, 0.2) is 17.2 Å². The molecule has 128 valence electrons. The Morgan fingerprint density at radius 2 is 2.17 bits per heavy atom. The van der Waals surface area contributed by atoms with Crippen LogP contribution in [-0.4, -0.2) is 54.9 Å². The minimum atomic E-state index is -1.47. The number of amides is 1. The van der Waals surface area contributed by atoms with E-state index in [2.05, 4.69) is 5.32 Å². The molecule has 0 aromatic heterocycles. The van der Waals surface area contributed by atoms with Gasteiger partial charge in [0.05, 0.1) is 6.61 Å². The molecule has 1 atom stereocenters. The predicted octanol–water partition coefficient (Wildman–Crippen LogP) is 1.05. The van der Waals surface area contributed by atoms with Crippen LogP contribution in [0.4, 0.5) is 8.78 Å². The summed E-state index contributed by atoms with van der Waals surface area (Å²) in [6.07, 6.45) is 1.03. The zero-order valence-electron chi connectivity index (χ0n) is 13.1. The van der Waals surface area contributed by atoms with E-state index in [4.69, 9.17) is 4.74 Å². The van der Waals surface area contributed by atoms with Crippen molar-refractivity contribution in [1.29, 1.82) is 0 Å². The third kappa shape index (κ3) is 4.46. The van der Waals surface area contributed by atoms with Gasteiger partial charge in [-0.3, -0.25) is 4.79 Å². The molecular formula is C16H22F2N2O3. The fraction of sp³-hybridized carbons (Fsp3) is 0.562. The molecule has 1 aliphatic heterocycles. The molecule has 23 heavy (non-hydrogen) atoms. The number of likely N-dealkylation sites (tertiary alicyclic amines) is 1. The van der Waals surface area contributed by atoms with Crippen molar-refractivity contribution >= 4 is 5.91 Å². The van der Waals surface area contributed by atoms with Crippen LogP contribution in [0.5, 0.6) is 0 Å².